The third-order valence-electron chi connectivity index (χ3n) is 4.30. The summed E-state index contributed by atoms with van der Waals surface area (Å²) >= 11 is 0. The zero-order chi connectivity index (χ0) is 19.2. The van der Waals surface area contributed by atoms with Gasteiger partial charge < -0.3 is 14.2 Å². The summed E-state index contributed by atoms with van der Waals surface area (Å²) < 4.78 is 16.7. The molecule has 1 heterocycles. The maximum Gasteiger partial charge on any atom is 0.337 e. The highest BCUT2D eigenvalue weighted by Crippen LogP contribution is 2.38. The van der Waals surface area contributed by atoms with Gasteiger partial charge in [-0.05, 0) is 31.5 Å². The van der Waals surface area contributed by atoms with Crippen molar-refractivity contribution in [2.24, 2.45) is 0 Å². The lowest BCUT2D eigenvalue weighted by Crippen LogP contribution is -2.40. The van der Waals surface area contributed by atoms with E-state index in [1.165, 1.54) is 4.90 Å². The summed E-state index contributed by atoms with van der Waals surface area (Å²) in [7, 11) is 0. The zero-order valence-corrected chi connectivity index (χ0v) is 15.4. The second-order valence-corrected chi connectivity index (χ2v) is 6.01. The predicted octanol–water partition coefficient (Wildman–Crippen LogP) is 3.15. The summed E-state index contributed by atoms with van der Waals surface area (Å²) in [6, 6.07) is 17.5. The van der Waals surface area contributed by atoms with Crippen molar-refractivity contribution in [3.05, 3.63) is 71.8 Å². The predicted molar refractivity (Wildman–Crippen MR) is 98.7 cm³/mol. The van der Waals surface area contributed by atoms with Gasteiger partial charge in [0.25, 0.3) is 5.91 Å². The summed E-state index contributed by atoms with van der Waals surface area (Å²) in [5, 5.41) is 0. The number of nitrogens with zero attached hydrogens (tertiary/aromatic N) is 1. The van der Waals surface area contributed by atoms with Crippen molar-refractivity contribution in [3.63, 3.8) is 0 Å². The van der Waals surface area contributed by atoms with Gasteiger partial charge in [0.15, 0.2) is 6.10 Å². The fraction of sp³-hybridized carbons (Fsp3) is 0.333. The molecule has 1 fully saturated rings. The van der Waals surface area contributed by atoms with E-state index in [1.807, 2.05) is 43.3 Å². The van der Waals surface area contributed by atoms with Crippen LogP contribution < -0.4 is 0 Å². The maximum absolute atomic E-state index is 13.3. The highest BCUT2D eigenvalue weighted by molar-refractivity contribution is 5.95. The number of esters is 1. The van der Waals surface area contributed by atoms with Crippen LogP contribution in [0, 0.1) is 0 Å². The molecule has 3 rings (SSSR count). The molecule has 142 valence electrons. The average Bonchev–Trinajstić information content (AvgIpc) is 3.08. The van der Waals surface area contributed by atoms with Gasteiger partial charge in [-0.3, -0.25) is 9.69 Å². The van der Waals surface area contributed by atoms with Crippen LogP contribution in [0.2, 0.25) is 0 Å². The van der Waals surface area contributed by atoms with E-state index in [0.717, 1.165) is 5.56 Å². The molecule has 0 radical (unpaired) electrons. The van der Waals surface area contributed by atoms with Crippen molar-refractivity contribution >= 4 is 11.9 Å². The lowest BCUT2D eigenvalue weighted by Gasteiger charge is -2.28. The van der Waals surface area contributed by atoms with Gasteiger partial charge in [0.2, 0.25) is 6.41 Å². The third-order valence-corrected chi connectivity index (χ3v) is 4.30. The molecule has 2 aromatic rings. The van der Waals surface area contributed by atoms with Crippen molar-refractivity contribution in [1.29, 1.82) is 0 Å². The van der Waals surface area contributed by atoms with Crippen LogP contribution in [0.25, 0.3) is 0 Å². The van der Waals surface area contributed by atoms with Crippen LogP contribution in [0.5, 0.6) is 0 Å². The minimum atomic E-state index is -0.970. The van der Waals surface area contributed by atoms with Gasteiger partial charge in [-0.1, -0.05) is 48.5 Å². The molecule has 27 heavy (non-hydrogen) atoms. The lowest BCUT2D eigenvalue weighted by atomic mass is 10.00. The van der Waals surface area contributed by atoms with Crippen molar-refractivity contribution in [2.45, 2.75) is 32.4 Å². The van der Waals surface area contributed by atoms with E-state index >= 15 is 0 Å². The Labute approximate surface area is 158 Å². The Morgan fingerprint density at radius 1 is 0.963 bits per heavy atom. The van der Waals surface area contributed by atoms with E-state index < -0.39 is 24.5 Å². The largest absolute Gasteiger partial charge is 0.464 e. The van der Waals surface area contributed by atoms with Crippen molar-refractivity contribution < 1.29 is 23.8 Å². The highest BCUT2D eigenvalue weighted by Gasteiger charge is 2.50. The molecular weight excluding hydrogens is 346 g/mol. The third kappa shape index (κ3) is 4.02. The molecule has 1 unspecified atom stereocenters. The van der Waals surface area contributed by atoms with E-state index in [-0.39, 0.29) is 12.5 Å². The Balaban J connectivity index is 2.04. The summed E-state index contributed by atoms with van der Waals surface area (Å²) in [5.41, 5.74) is 1.28. The number of hydrogen-bond acceptors (Lipinski definition) is 5. The topological polar surface area (TPSA) is 65.1 Å². The lowest BCUT2D eigenvalue weighted by molar-refractivity contribution is -0.188. The smallest absolute Gasteiger partial charge is 0.337 e. The first kappa shape index (κ1) is 19.1. The molecular formula is C21H23NO5. The van der Waals surface area contributed by atoms with Gasteiger partial charge in [-0.15, -0.1) is 0 Å². The normalized spacial score (nSPS) is 21.9. The van der Waals surface area contributed by atoms with Gasteiger partial charge in [-0.25, -0.2) is 4.79 Å². The standard InChI is InChI=1S/C21H23NO5/c1-3-25-20(24)18-17(15-11-7-5-8-12-15)22(21(27-18)26-4-2)19(23)16-13-9-6-10-14-16/h5-14,17-18,21H,3-4H2,1-2H3/t17-,18-,21?/m0/s1. The number of carbonyl (C=O) groups is 2. The van der Waals surface area contributed by atoms with Crippen LogP contribution in [-0.2, 0) is 19.0 Å². The number of hydrogen-bond donors (Lipinski definition) is 0. The summed E-state index contributed by atoms with van der Waals surface area (Å²) in [6.45, 7) is 4.10. The van der Waals surface area contributed by atoms with Crippen molar-refractivity contribution in [3.8, 4) is 0 Å². The van der Waals surface area contributed by atoms with Crippen LogP contribution in [0.3, 0.4) is 0 Å². The molecule has 6 heteroatoms. The Morgan fingerprint density at radius 3 is 2.19 bits per heavy atom. The molecule has 2 aromatic carbocycles. The highest BCUT2D eigenvalue weighted by atomic mass is 16.7. The van der Waals surface area contributed by atoms with Crippen LogP contribution in [0.4, 0.5) is 0 Å². The number of amides is 1. The molecule has 3 atom stereocenters. The molecule has 0 spiro atoms. The molecule has 0 bridgehead atoms. The number of benzene rings is 2. The Hall–Kier alpha value is -2.70. The van der Waals surface area contributed by atoms with Crippen LogP contribution in [-0.4, -0.2) is 42.5 Å². The Morgan fingerprint density at radius 2 is 1.59 bits per heavy atom. The second kappa shape index (κ2) is 8.79. The fourth-order valence-corrected chi connectivity index (χ4v) is 3.15. The van der Waals surface area contributed by atoms with Gasteiger partial charge in [0, 0.05) is 12.2 Å². The molecule has 0 N–H and O–H groups in total. The van der Waals surface area contributed by atoms with Crippen molar-refractivity contribution in [2.75, 3.05) is 13.2 Å². The van der Waals surface area contributed by atoms with E-state index in [0.29, 0.717) is 12.2 Å². The number of rotatable bonds is 6. The molecule has 1 aliphatic heterocycles. The van der Waals surface area contributed by atoms with Gasteiger partial charge in [0.1, 0.15) is 0 Å². The quantitative estimate of drug-likeness (QED) is 0.732. The Bertz CT molecular complexity index is 765. The first-order chi connectivity index (χ1) is 13.2. The molecule has 0 aromatic heterocycles. The summed E-state index contributed by atoms with van der Waals surface area (Å²) in [4.78, 5) is 27.3. The van der Waals surface area contributed by atoms with E-state index in [1.54, 1.807) is 31.2 Å². The minimum Gasteiger partial charge on any atom is -0.464 e. The fourth-order valence-electron chi connectivity index (χ4n) is 3.15. The summed E-state index contributed by atoms with van der Waals surface area (Å²) in [5.74, 6) is -0.783. The second-order valence-electron chi connectivity index (χ2n) is 6.01. The minimum absolute atomic E-state index is 0.228. The molecule has 1 saturated heterocycles. The molecule has 0 aliphatic carbocycles. The zero-order valence-electron chi connectivity index (χ0n) is 15.4. The number of carbonyl (C=O) groups excluding carboxylic acids is 2. The first-order valence-corrected chi connectivity index (χ1v) is 9.03. The molecule has 0 saturated carbocycles. The monoisotopic (exact) mass is 369 g/mol. The van der Waals surface area contributed by atoms with E-state index in [9.17, 15) is 9.59 Å². The van der Waals surface area contributed by atoms with Crippen LogP contribution in [0.15, 0.2) is 60.7 Å². The summed E-state index contributed by atoms with van der Waals surface area (Å²) in [6.07, 6.45) is -1.93. The number of ether oxygens (including phenoxy) is 3. The van der Waals surface area contributed by atoms with Crippen molar-refractivity contribution in [1.82, 2.24) is 4.90 Å². The van der Waals surface area contributed by atoms with E-state index in [4.69, 9.17) is 14.2 Å². The molecule has 6 nitrogen and oxygen atoms in total. The van der Waals surface area contributed by atoms with Gasteiger partial charge >= 0.3 is 5.97 Å². The average molecular weight is 369 g/mol. The first-order valence-electron chi connectivity index (χ1n) is 9.03. The van der Waals surface area contributed by atoms with Crippen LogP contribution >= 0.6 is 0 Å². The Kier molecular flexibility index (Phi) is 6.21. The van der Waals surface area contributed by atoms with Gasteiger partial charge in [-0.2, -0.15) is 0 Å². The SMILES string of the molecule is CCOC(=O)[C@H]1OC(OCC)N(C(=O)c2ccccc2)[C@H]1c1ccccc1. The molecule has 1 amide bonds. The van der Waals surface area contributed by atoms with E-state index in [2.05, 4.69) is 0 Å². The van der Waals surface area contributed by atoms with Gasteiger partial charge in [0.05, 0.1) is 12.6 Å². The van der Waals surface area contributed by atoms with Crippen LogP contribution in [0.1, 0.15) is 35.8 Å². The maximum atomic E-state index is 13.3. The molecule has 1 aliphatic rings.